The maximum Gasteiger partial charge on any atom is 0.258 e. The molecule has 1 aromatic carbocycles. The van der Waals surface area contributed by atoms with Crippen LogP contribution in [0.15, 0.2) is 18.2 Å². The first-order chi connectivity index (χ1) is 9.60. The van der Waals surface area contributed by atoms with Gasteiger partial charge in [-0.3, -0.25) is 4.79 Å². The Kier molecular flexibility index (Phi) is 6.83. The van der Waals surface area contributed by atoms with Gasteiger partial charge < -0.3 is 24.6 Å². The van der Waals surface area contributed by atoms with Gasteiger partial charge in [0, 0.05) is 13.2 Å². The summed E-state index contributed by atoms with van der Waals surface area (Å²) in [5.41, 5.74) is 0.689. The van der Waals surface area contributed by atoms with Gasteiger partial charge in [0.25, 0.3) is 5.91 Å². The highest BCUT2D eigenvalue weighted by Gasteiger charge is 2.10. The van der Waals surface area contributed by atoms with E-state index in [1.807, 2.05) is 6.92 Å². The minimum absolute atomic E-state index is 0.0817. The van der Waals surface area contributed by atoms with Crippen molar-refractivity contribution >= 4 is 5.91 Å². The number of amides is 1. The van der Waals surface area contributed by atoms with E-state index in [4.69, 9.17) is 19.3 Å². The maximum atomic E-state index is 11.7. The molecule has 0 heterocycles. The lowest BCUT2D eigenvalue weighted by molar-refractivity contribution is -0.124. The van der Waals surface area contributed by atoms with Crippen molar-refractivity contribution in [2.75, 3.05) is 27.4 Å². The van der Waals surface area contributed by atoms with E-state index in [0.29, 0.717) is 23.7 Å². The van der Waals surface area contributed by atoms with Gasteiger partial charge in [0.2, 0.25) is 0 Å². The molecule has 0 aliphatic carbocycles. The lowest BCUT2D eigenvalue weighted by Gasteiger charge is -2.14. The van der Waals surface area contributed by atoms with Crippen LogP contribution in [-0.4, -0.2) is 44.5 Å². The average Bonchev–Trinajstić information content (AvgIpc) is 2.44. The zero-order chi connectivity index (χ0) is 15.0. The number of hydrogen-bond acceptors (Lipinski definition) is 5. The van der Waals surface area contributed by atoms with Crippen LogP contribution in [0.2, 0.25) is 0 Å². The molecule has 0 spiro atoms. The summed E-state index contributed by atoms with van der Waals surface area (Å²) in [7, 11) is 3.09. The van der Waals surface area contributed by atoms with Crippen molar-refractivity contribution < 1.29 is 24.1 Å². The van der Waals surface area contributed by atoms with Crippen molar-refractivity contribution in [3.05, 3.63) is 23.8 Å². The summed E-state index contributed by atoms with van der Waals surface area (Å²) in [6, 6.07) is 4.98. The number of methoxy groups -OCH3 is 2. The number of aliphatic hydroxyl groups excluding tert-OH is 1. The van der Waals surface area contributed by atoms with E-state index in [-0.39, 0.29) is 25.2 Å². The summed E-state index contributed by atoms with van der Waals surface area (Å²) in [6.07, 6.45) is 0. The zero-order valence-corrected chi connectivity index (χ0v) is 12.0. The van der Waals surface area contributed by atoms with E-state index in [1.165, 1.54) is 7.11 Å². The van der Waals surface area contributed by atoms with Crippen molar-refractivity contribution in [2.24, 2.45) is 0 Å². The number of hydrogen-bond donors (Lipinski definition) is 2. The molecule has 0 aromatic heterocycles. The van der Waals surface area contributed by atoms with Crippen LogP contribution >= 0.6 is 0 Å². The predicted octanol–water partition coefficient (Wildman–Crippen LogP) is 0.717. The van der Waals surface area contributed by atoms with E-state index in [9.17, 15) is 4.79 Å². The highest BCUT2D eigenvalue weighted by molar-refractivity contribution is 5.77. The van der Waals surface area contributed by atoms with Gasteiger partial charge in [0.1, 0.15) is 0 Å². The molecule has 20 heavy (non-hydrogen) atoms. The van der Waals surface area contributed by atoms with E-state index < -0.39 is 0 Å². The molecule has 1 rings (SSSR count). The second kappa shape index (κ2) is 8.39. The molecule has 0 aliphatic rings. The van der Waals surface area contributed by atoms with Gasteiger partial charge in [-0.25, -0.2) is 0 Å². The van der Waals surface area contributed by atoms with Crippen LogP contribution in [0, 0.1) is 0 Å². The fourth-order valence-electron chi connectivity index (χ4n) is 1.68. The summed E-state index contributed by atoms with van der Waals surface area (Å²) >= 11 is 0. The average molecular weight is 283 g/mol. The van der Waals surface area contributed by atoms with Gasteiger partial charge in [0.15, 0.2) is 18.1 Å². The van der Waals surface area contributed by atoms with Gasteiger partial charge in [-0.2, -0.15) is 0 Å². The van der Waals surface area contributed by atoms with Crippen LogP contribution in [0.1, 0.15) is 12.5 Å². The third-order valence-corrected chi connectivity index (χ3v) is 2.59. The summed E-state index contributed by atoms with van der Waals surface area (Å²) in [5.74, 6) is 0.694. The van der Waals surface area contributed by atoms with Gasteiger partial charge >= 0.3 is 0 Å². The van der Waals surface area contributed by atoms with Crippen LogP contribution in [0.25, 0.3) is 0 Å². The Morgan fingerprint density at radius 3 is 2.70 bits per heavy atom. The third kappa shape index (κ3) is 5.07. The monoisotopic (exact) mass is 283 g/mol. The summed E-state index contributed by atoms with van der Waals surface area (Å²) in [6.45, 7) is 2.06. The number of benzene rings is 1. The standard InChI is InChI=1S/C14H21NO5/c1-10(8-18-2)15-14(17)9-20-13-6-11(7-16)4-5-12(13)19-3/h4-6,10,16H,7-9H2,1-3H3,(H,15,17). The molecule has 0 fully saturated rings. The molecule has 1 amide bonds. The smallest absolute Gasteiger partial charge is 0.258 e. The molecule has 0 bridgehead atoms. The van der Waals surface area contributed by atoms with E-state index in [1.54, 1.807) is 25.3 Å². The maximum absolute atomic E-state index is 11.7. The van der Waals surface area contributed by atoms with Gasteiger partial charge in [-0.05, 0) is 24.6 Å². The van der Waals surface area contributed by atoms with Crippen LogP contribution in [0.3, 0.4) is 0 Å². The van der Waals surface area contributed by atoms with Crippen LogP contribution in [0.5, 0.6) is 11.5 Å². The highest BCUT2D eigenvalue weighted by atomic mass is 16.5. The molecule has 0 radical (unpaired) electrons. The Bertz CT molecular complexity index is 436. The summed E-state index contributed by atoms with van der Waals surface area (Å²) in [4.78, 5) is 11.7. The normalized spacial score (nSPS) is 11.8. The molecule has 6 nitrogen and oxygen atoms in total. The number of aliphatic hydroxyl groups is 1. The van der Waals surface area contributed by atoms with Crippen molar-refractivity contribution in [1.82, 2.24) is 5.32 Å². The molecule has 6 heteroatoms. The topological polar surface area (TPSA) is 77.0 Å². The molecule has 2 N–H and O–H groups in total. The third-order valence-electron chi connectivity index (χ3n) is 2.59. The SMILES string of the molecule is COCC(C)NC(=O)COc1cc(CO)ccc1OC. The number of carbonyl (C=O) groups excluding carboxylic acids is 1. The number of carbonyl (C=O) groups is 1. The highest BCUT2D eigenvalue weighted by Crippen LogP contribution is 2.27. The van der Waals surface area contributed by atoms with Crippen molar-refractivity contribution in [3.63, 3.8) is 0 Å². The molecule has 1 atom stereocenters. The largest absolute Gasteiger partial charge is 0.493 e. The molecule has 1 aromatic rings. The second-order valence-electron chi connectivity index (χ2n) is 4.36. The Hall–Kier alpha value is -1.79. The fourth-order valence-corrected chi connectivity index (χ4v) is 1.68. The first-order valence-corrected chi connectivity index (χ1v) is 6.29. The summed E-state index contributed by atoms with van der Waals surface area (Å²) in [5, 5.41) is 11.8. The summed E-state index contributed by atoms with van der Waals surface area (Å²) < 4.78 is 15.5. The predicted molar refractivity (Wildman–Crippen MR) is 73.9 cm³/mol. The molecular weight excluding hydrogens is 262 g/mol. The van der Waals surface area contributed by atoms with E-state index >= 15 is 0 Å². The minimum atomic E-state index is -0.244. The van der Waals surface area contributed by atoms with Crippen molar-refractivity contribution in [3.8, 4) is 11.5 Å². The first kappa shape index (κ1) is 16.3. The Morgan fingerprint density at radius 1 is 1.35 bits per heavy atom. The fraction of sp³-hybridized carbons (Fsp3) is 0.500. The Morgan fingerprint density at radius 2 is 2.10 bits per heavy atom. The molecule has 112 valence electrons. The van der Waals surface area contributed by atoms with Crippen LogP contribution in [-0.2, 0) is 16.1 Å². The van der Waals surface area contributed by atoms with Crippen molar-refractivity contribution in [1.29, 1.82) is 0 Å². The van der Waals surface area contributed by atoms with Crippen LogP contribution in [0.4, 0.5) is 0 Å². The van der Waals surface area contributed by atoms with Gasteiger partial charge in [-0.1, -0.05) is 6.07 Å². The Balaban J connectivity index is 2.57. The van der Waals surface area contributed by atoms with Crippen LogP contribution < -0.4 is 14.8 Å². The van der Waals surface area contributed by atoms with Gasteiger partial charge in [-0.15, -0.1) is 0 Å². The van der Waals surface area contributed by atoms with E-state index in [0.717, 1.165) is 0 Å². The lowest BCUT2D eigenvalue weighted by Crippen LogP contribution is -2.38. The second-order valence-corrected chi connectivity index (χ2v) is 4.36. The zero-order valence-electron chi connectivity index (χ0n) is 12.0. The van der Waals surface area contributed by atoms with Crippen molar-refractivity contribution in [2.45, 2.75) is 19.6 Å². The lowest BCUT2D eigenvalue weighted by atomic mass is 10.2. The quantitative estimate of drug-likeness (QED) is 0.735. The number of ether oxygens (including phenoxy) is 3. The molecular formula is C14H21NO5. The molecule has 0 aliphatic heterocycles. The number of rotatable bonds is 8. The molecule has 1 unspecified atom stereocenters. The molecule has 0 saturated carbocycles. The van der Waals surface area contributed by atoms with Gasteiger partial charge in [0.05, 0.1) is 20.3 Å². The molecule has 0 saturated heterocycles. The first-order valence-electron chi connectivity index (χ1n) is 6.29. The number of nitrogens with one attached hydrogen (secondary N) is 1. The van der Waals surface area contributed by atoms with E-state index in [2.05, 4.69) is 5.32 Å². The Labute approximate surface area is 118 Å². The minimum Gasteiger partial charge on any atom is -0.493 e.